The topological polar surface area (TPSA) is 73.2 Å². The lowest BCUT2D eigenvalue weighted by Crippen LogP contribution is -2.32. The van der Waals surface area contributed by atoms with Gasteiger partial charge in [-0.05, 0) is 66.6 Å². The maximum atomic E-state index is 13.5. The lowest BCUT2D eigenvalue weighted by molar-refractivity contribution is -0.120. The zero-order chi connectivity index (χ0) is 22.1. The summed E-state index contributed by atoms with van der Waals surface area (Å²) in [6.07, 6.45) is 0. The van der Waals surface area contributed by atoms with E-state index < -0.39 is 17.6 Å². The van der Waals surface area contributed by atoms with E-state index in [0.29, 0.717) is 27.5 Å². The van der Waals surface area contributed by atoms with Crippen molar-refractivity contribution in [1.29, 1.82) is 5.26 Å². The molecule has 0 saturated carbocycles. The lowest BCUT2D eigenvalue weighted by atomic mass is 10.0. The first kappa shape index (κ1) is 20.3. The molecule has 0 atom stereocenters. The Bertz CT molecular complexity index is 1280. The van der Waals surface area contributed by atoms with Crippen molar-refractivity contribution in [2.45, 2.75) is 6.92 Å². The highest BCUT2D eigenvalue weighted by molar-refractivity contribution is 6.46. The maximum absolute atomic E-state index is 13.5. The quantitative estimate of drug-likeness (QED) is 0.586. The number of nitrogens with zero attached hydrogens (tertiary/aromatic N) is 2. The van der Waals surface area contributed by atoms with Gasteiger partial charge in [-0.2, -0.15) is 5.26 Å². The Hall–Kier alpha value is -3.95. The number of aryl methyl sites for hydroxylation is 1. The number of carbonyl (C=O) groups excluding carboxylic acids is 2. The van der Waals surface area contributed by atoms with Gasteiger partial charge in [0.25, 0.3) is 11.8 Å². The van der Waals surface area contributed by atoms with E-state index in [9.17, 15) is 14.0 Å². The summed E-state index contributed by atoms with van der Waals surface area (Å²) in [6, 6.07) is 18.7. The summed E-state index contributed by atoms with van der Waals surface area (Å²) in [5, 5.41) is 12.5. The monoisotopic (exact) mass is 431 g/mol. The molecule has 1 N–H and O–H groups in total. The third-order valence-corrected chi connectivity index (χ3v) is 5.32. The minimum atomic E-state index is -0.564. The molecule has 5 nitrogen and oxygen atoms in total. The van der Waals surface area contributed by atoms with Gasteiger partial charge in [0.05, 0.1) is 22.9 Å². The molecule has 3 aromatic rings. The van der Waals surface area contributed by atoms with Gasteiger partial charge in [-0.15, -0.1) is 0 Å². The van der Waals surface area contributed by atoms with Gasteiger partial charge in [0, 0.05) is 10.7 Å². The van der Waals surface area contributed by atoms with Crippen LogP contribution in [0.3, 0.4) is 0 Å². The average molecular weight is 432 g/mol. The van der Waals surface area contributed by atoms with Crippen molar-refractivity contribution in [2.24, 2.45) is 0 Å². The van der Waals surface area contributed by atoms with Gasteiger partial charge >= 0.3 is 0 Å². The molecule has 2 amide bonds. The number of hydrogen-bond acceptors (Lipinski definition) is 4. The van der Waals surface area contributed by atoms with Crippen LogP contribution in [0.15, 0.2) is 72.4 Å². The molecular weight excluding hydrogens is 417 g/mol. The van der Waals surface area contributed by atoms with E-state index in [1.807, 2.05) is 13.0 Å². The molecule has 152 valence electrons. The number of hydrogen-bond donors (Lipinski definition) is 1. The SMILES string of the molecule is Cc1ccc(NC2=C(c3ccc(F)cc3)C(=O)N(c3ccc(C#N)cc3)C2=O)cc1Cl. The molecule has 0 saturated heterocycles. The van der Waals surface area contributed by atoms with Gasteiger partial charge in [0.15, 0.2) is 0 Å². The molecule has 0 fully saturated rings. The number of halogens is 2. The molecule has 0 aromatic heterocycles. The fourth-order valence-electron chi connectivity index (χ4n) is 3.26. The van der Waals surface area contributed by atoms with Gasteiger partial charge in [0.1, 0.15) is 11.5 Å². The van der Waals surface area contributed by atoms with E-state index in [2.05, 4.69) is 5.32 Å². The smallest absolute Gasteiger partial charge is 0.282 e. The van der Waals surface area contributed by atoms with Crippen LogP contribution in [0.2, 0.25) is 5.02 Å². The summed E-state index contributed by atoms with van der Waals surface area (Å²) in [5.74, 6) is -1.57. The molecular formula is C24H15ClFN3O2. The molecule has 7 heteroatoms. The van der Waals surface area contributed by atoms with Crippen LogP contribution in [0.1, 0.15) is 16.7 Å². The van der Waals surface area contributed by atoms with Crippen molar-refractivity contribution in [3.63, 3.8) is 0 Å². The van der Waals surface area contributed by atoms with Crippen molar-refractivity contribution in [3.8, 4) is 6.07 Å². The number of anilines is 2. The third kappa shape index (κ3) is 3.79. The number of nitrogens with one attached hydrogen (secondary N) is 1. The van der Waals surface area contributed by atoms with Crippen molar-refractivity contribution in [1.82, 2.24) is 0 Å². The summed E-state index contributed by atoms with van der Waals surface area (Å²) in [6.45, 7) is 1.85. The van der Waals surface area contributed by atoms with Gasteiger partial charge in [-0.25, -0.2) is 9.29 Å². The molecule has 0 bridgehead atoms. The molecule has 4 rings (SSSR count). The Morgan fingerprint density at radius 3 is 2.26 bits per heavy atom. The summed E-state index contributed by atoms with van der Waals surface area (Å²) in [4.78, 5) is 27.6. The van der Waals surface area contributed by atoms with E-state index >= 15 is 0 Å². The standard InChI is InChI=1S/C24H15ClFN3O2/c1-14-2-9-18(12-20(14)25)28-22-21(16-5-7-17(26)8-6-16)23(30)29(24(22)31)19-10-3-15(13-27)4-11-19/h2-12,28H,1H3. The number of benzene rings is 3. The third-order valence-electron chi connectivity index (χ3n) is 4.91. The first-order valence-corrected chi connectivity index (χ1v) is 9.69. The Balaban J connectivity index is 1.81. The predicted octanol–water partition coefficient (Wildman–Crippen LogP) is 5.06. The Kier molecular flexibility index (Phi) is 5.28. The van der Waals surface area contributed by atoms with Crippen molar-refractivity contribution < 1.29 is 14.0 Å². The second kappa shape index (κ2) is 8.05. The van der Waals surface area contributed by atoms with E-state index in [-0.39, 0.29) is 11.3 Å². The number of rotatable bonds is 4. The van der Waals surface area contributed by atoms with Crippen LogP contribution in [-0.2, 0) is 9.59 Å². The summed E-state index contributed by atoms with van der Waals surface area (Å²) in [7, 11) is 0. The molecule has 31 heavy (non-hydrogen) atoms. The van der Waals surface area contributed by atoms with Crippen LogP contribution in [0, 0.1) is 24.1 Å². The van der Waals surface area contributed by atoms with E-state index in [1.54, 1.807) is 18.2 Å². The Labute approximate surface area is 183 Å². The molecule has 0 aliphatic carbocycles. The largest absolute Gasteiger partial charge is 0.350 e. The summed E-state index contributed by atoms with van der Waals surface area (Å²) in [5.41, 5.74) is 2.71. The predicted molar refractivity (Wildman–Crippen MR) is 117 cm³/mol. The lowest BCUT2D eigenvalue weighted by Gasteiger charge is -2.15. The van der Waals surface area contributed by atoms with Crippen LogP contribution >= 0.6 is 11.6 Å². The maximum Gasteiger partial charge on any atom is 0.282 e. The first-order chi connectivity index (χ1) is 14.9. The highest BCUT2D eigenvalue weighted by Crippen LogP contribution is 2.34. The highest BCUT2D eigenvalue weighted by atomic mass is 35.5. The zero-order valence-electron chi connectivity index (χ0n) is 16.3. The van der Waals surface area contributed by atoms with Gasteiger partial charge in [-0.3, -0.25) is 9.59 Å². The highest BCUT2D eigenvalue weighted by Gasteiger charge is 2.40. The number of imide groups is 1. The molecule has 0 unspecified atom stereocenters. The van der Waals surface area contributed by atoms with Gasteiger partial charge < -0.3 is 5.32 Å². The minimum Gasteiger partial charge on any atom is -0.350 e. The van der Waals surface area contributed by atoms with Crippen molar-refractivity contribution >= 4 is 40.4 Å². The second-order valence-electron chi connectivity index (χ2n) is 6.95. The van der Waals surface area contributed by atoms with E-state index in [1.165, 1.54) is 48.5 Å². The fourth-order valence-corrected chi connectivity index (χ4v) is 3.45. The molecule has 1 aliphatic rings. The second-order valence-corrected chi connectivity index (χ2v) is 7.36. The van der Waals surface area contributed by atoms with E-state index in [0.717, 1.165) is 10.5 Å². The van der Waals surface area contributed by atoms with Crippen LogP contribution in [0.25, 0.3) is 5.57 Å². The summed E-state index contributed by atoms with van der Waals surface area (Å²) < 4.78 is 13.5. The van der Waals surface area contributed by atoms with Crippen LogP contribution < -0.4 is 10.2 Å². The number of amides is 2. The number of carbonyl (C=O) groups is 2. The average Bonchev–Trinajstić information content (AvgIpc) is 3.01. The molecule has 0 spiro atoms. The molecule has 1 aliphatic heterocycles. The molecule has 1 heterocycles. The van der Waals surface area contributed by atoms with Crippen molar-refractivity contribution in [2.75, 3.05) is 10.2 Å². The molecule has 3 aromatic carbocycles. The Morgan fingerprint density at radius 1 is 0.968 bits per heavy atom. The van der Waals surface area contributed by atoms with Crippen LogP contribution in [-0.4, -0.2) is 11.8 Å². The fraction of sp³-hybridized carbons (Fsp3) is 0.0417. The normalized spacial score (nSPS) is 13.5. The Morgan fingerprint density at radius 2 is 1.65 bits per heavy atom. The molecule has 0 radical (unpaired) electrons. The summed E-state index contributed by atoms with van der Waals surface area (Å²) >= 11 is 6.20. The van der Waals surface area contributed by atoms with Crippen molar-refractivity contribution in [3.05, 3.63) is 100.0 Å². The van der Waals surface area contributed by atoms with E-state index in [4.69, 9.17) is 16.9 Å². The van der Waals surface area contributed by atoms with Gasteiger partial charge in [0.2, 0.25) is 0 Å². The minimum absolute atomic E-state index is 0.0564. The van der Waals surface area contributed by atoms with Crippen LogP contribution in [0.4, 0.5) is 15.8 Å². The number of nitriles is 1. The zero-order valence-corrected chi connectivity index (χ0v) is 17.1. The van der Waals surface area contributed by atoms with Gasteiger partial charge in [-0.1, -0.05) is 29.8 Å². The first-order valence-electron chi connectivity index (χ1n) is 9.31. The van der Waals surface area contributed by atoms with Crippen LogP contribution in [0.5, 0.6) is 0 Å².